The molecule has 0 aliphatic heterocycles. The molecule has 2 N–H and O–H groups in total. The Morgan fingerprint density at radius 3 is 2.67 bits per heavy atom. The van der Waals surface area contributed by atoms with Crippen LogP contribution < -0.4 is 5.32 Å². The maximum absolute atomic E-state index is 9.36. The number of rotatable bonds is 5. The minimum Gasteiger partial charge on any atom is -0.394 e. The van der Waals surface area contributed by atoms with Crippen LogP contribution in [0.4, 0.5) is 0 Å². The van der Waals surface area contributed by atoms with Gasteiger partial charge in [0.1, 0.15) is 0 Å². The third-order valence-corrected chi connectivity index (χ3v) is 2.71. The molecule has 0 saturated carbocycles. The van der Waals surface area contributed by atoms with Crippen molar-refractivity contribution in [2.75, 3.05) is 6.61 Å². The lowest BCUT2D eigenvalue weighted by Gasteiger charge is -2.20. The van der Waals surface area contributed by atoms with E-state index in [2.05, 4.69) is 24.3 Å². The molecule has 1 aromatic rings. The van der Waals surface area contributed by atoms with Crippen molar-refractivity contribution in [1.29, 1.82) is 0 Å². The highest BCUT2D eigenvalue weighted by molar-refractivity contribution is 5.20. The van der Waals surface area contributed by atoms with Gasteiger partial charge in [-0.1, -0.05) is 6.92 Å². The van der Waals surface area contributed by atoms with Gasteiger partial charge in [0.05, 0.1) is 18.3 Å². The third-order valence-electron chi connectivity index (χ3n) is 2.71. The first kappa shape index (κ1) is 12.2. The molecule has 0 aromatic carbocycles. The van der Waals surface area contributed by atoms with E-state index < -0.39 is 0 Å². The van der Waals surface area contributed by atoms with Crippen LogP contribution in [0.15, 0.2) is 6.20 Å². The summed E-state index contributed by atoms with van der Waals surface area (Å²) >= 11 is 0. The van der Waals surface area contributed by atoms with Gasteiger partial charge in [-0.2, -0.15) is 5.10 Å². The fourth-order valence-corrected chi connectivity index (χ4v) is 1.66. The van der Waals surface area contributed by atoms with Gasteiger partial charge in [-0.3, -0.25) is 4.68 Å². The molecule has 4 nitrogen and oxygen atoms in total. The van der Waals surface area contributed by atoms with Gasteiger partial charge in [-0.25, -0.2) is 0 Å². The number of aromatic nitrogens is 2. The lowest BCUT2D eigenvalue weighted by molar-refractivity contribution is 0.233. The summed E-state index contributed by atoms with van der Waals surface area (Å²) in [5, 5.41) is 17.0. The van der Waals surface area contributed by atoms with Gasteiger partial charge in [0, 0.05) is 24.8 Å². The topological polar surface area (TPSA) is 50.1 Å². The molecular formula is C11H21N3O. The van der Waals surface area contributed by atoms with Crippen LogP contribution >= 0.6 is 0 Å². The van der Waals surface area contributed by atoms with Gasteiger partial charge in [0.2, 0.25) is 0 Å². The average molecular weight is 211 g/mol. The molecule has 0 fully saturated rings. The second-order valence-corrected chi connectivity index (χ2v) is 4.05. The zero-order valence-electron chi connectivity index (χ0n) is 9.99. The Balaban J connectivity index is 2.78. The average Bonchev–Trinajstić information content (AvgIpc) is 2.54. The number of aliphatic hydroxyl groups excluding tert-OH is 1. The smallest absolute Gasteiger partial charge is 0.0642 e. The van der Waals surface area contributed by atoms with Crippen LogP contribution in [0.25, 0.3) is 0 Å². The highest BCUT2D eigenvalue weighted by atomic mass is 16.3. The van der Waals surface area contributed by atoms with Crippen molar-refractivity contribution in [3.63, 3.8) is 0 Å². The summed E-state index contributed by atoms with van der Waals surface area (Å²) in [6.07, 6.45) is 3.02. The number of nitrogens with zero attached hydrogens (tertiary/aromatic N) is 2. The van der Waals surface area contributed by atoms with Crippen molar-refractivity contribution >= 4 is 0 Å². The fourth-order valence-electron chi connectivity index (χ4n) is 1.66. The normalized spacial score (nSPS) is 15.3. The van der Waals surface area contributed by atoms with Crippen molar-refractivity contribution in [3.8, 4) is 0 Å². The van der Waals surface area contributed by atoms with Crippen molar-refractivity contribution in [2.24, 2.45) is 7.05 Å². The minimum absolute atomic E-state index is 0.00588. The molecule has 0 radical (unpaired) electrons. The predicted molar refractivity (Wildman–Crippen MR) is 60.7 cm³/mol. The van der Waals surface area contributed by atoms with Crippen LogP contribution in [0, 0.1) is 6.92 Å². The van der Waals surface area contributed by atoms with Crippen LogP contribution in [-0.4, -0.2) is 27.5 Å². The quantitative estimate of drug-likeness (QED) is 0.768. The summed E-state index contributed by atoms with van der Waals surface area (Å²) in [6.45, 7) is 6.32. The second kappa shape index (κ2) is 5.28. The molecular weight excluding hydrogens is 190 g/mol. The van der Waals surface area contributed by atoms with Crippen LogP contribution in [0.5, 0.6) is 0 Å². The highest BCUT2D eigenvalue weighted by Gasteiger charge is 2.16. The number of nitrogens with one attached hydrogen (secondary N) is 1. The SMILES string of the molecule is CCC(C)NC(CO)c1cn(C)nc1C. The first-order valence-electron chi connectivity index (χ1n) is 5.45. The third kappa shape index (κ3) is 3.04. The summed E-state index contributed by atoms with van der Waals surface area (Å²) in [7, 11) is 1.90. The van der Waals surface area contributed by atoms with E-state index in [9.17, 15) is 5.11 Å². The molecule has 0 aliphatic rings. The van der Waals surface area contributed by atoms with E-state index in [4.69, 9.17) is 0 Å². The second-order valence-electron chi connectivity index (χ2n) is 4.05. The highest BCUT2D eigenvalue weighted by Crippen LogP contribution is 2.16. The molecule has 2 unspecified atom stereocenters. The van der Waals surface area contributed by atoms with Gasteiger partial charge in [-0.05, 0) is 20.3 Å². The molecule has 2 atom stereocenters. The Hall–Kier alpha value is -0.870. The minimum atomic E-state index is -0.00588. The molecule has 0 amide bonds. The molecule has 0 aliphatic carbocycles. The first-order valence-corrected chi connectivity index (χ1v) is 5.45. The monoisotopic (exact) mass is 211 g/mol. The lowest BCUT2D eigenvalue weighted by atomic mass is 10.1. The largest absolute Gasteiger partial charge is 0.394 e. The van der Waals surface area contributed by atoms with E-state index in [1.165, 1.54) is 0 Å². The lowest BCUT2D eigenvalue weighted by Crippen LogP contribution is -2.32. The van der Waals surface area contributed by atoms with E-state index in [1.807, 2.05) is 20.2 Å². The first-order chi connectivity index (χ1) is 7.08. The number of hydrogen-bond donors (Lipinski definition) is 2. The maximum Gasteiger partial charge on any atom is 0.0642 e. The van der Waals surface area contributed by atoms with Gasteiger partial charge in [0.15, 0.2) is 0 Å². The molecule has 1 aromatic heterocycles. The standard InChI is InChI=1S/C11H21N3O/c1-5-8(2)12-11(7-15)10-6-14(4)13-9(10)3/h6,8,11-12,15H,5,7H2,1-4H3. The molecule has 0 saturated heterocycles. The van der Waals surface area contributed by atoms with E-state index in [-0.39, 0.29) is 12.6 Å². The van der Waals surface area contributed by atoms with Crippen molar-refractivity contribution in [3.05, 3.63) is 17.5 Å². The Kier molecular flexibility index (Phi) is 4.29. The van der Waals surface area contributed by atoms with E-state index >= 15 is 0 Å². The summed E-state index contributed by atoms with van der Waals surface area (Å²) in [6, 6.07) is 0.399. The number of aliphatic hydroxyl groups is 1. The van der Waals surface area contributed by atoms with Crippen LogP contribution in [0.1, 0.15) is 37.6 Å². The van der Waals surface area contributed by atoms with Crippen LogP contribution in [-0.2, 0) is 7.05 Å². The molecule has 15 heavy (non-hydrogen) atoms. The Bertz CT molecular complexity index is 309. The van der Waals surface area contributed by atoms with Gasteiger partial charge >= 0.3 is 0 Å². The Morgan fingerprint density at radius 2 is 2.27 bits per heavy atom. The number of aryl methyl sites for hydroxylation is 2. The van der Waals surface area contributed by atoms with E-state index in [0.717, 1.165) is 17.7 Å². The van der Waals surface area contributed by atoms with Gasteiger partial charge in [-0.15, -0.1) is 0 Å². The summed E-state index contributed by atoms with van der Waals surface area (Å²) in [5.74, 6) is 0. The van der Waals surface area contributed by atoms with E-state index in [0.29, 0.717) is 6.04 Å². The van der Waals surface area contributed by atoms with Gasteiger partial charge in [0.25, 0.3) is 0 Å². The maximum atomic E-state index is 9.36. The zero-order chi connectivity index (χ0) is 11.4. The molecule has 0 spiro atoms. The molecule has 4 heteroatoms. The van der Waals surface area contributed by atoms with Crippen LogP contribution in [0.2, 0.25) is 0 Å². The predicted octanol–water partition coefficient (Wildman–Crippen LogP) is 1.15. The van der Waals surface area contributed by atoms with Crippen molar-refractivity contribution in [1.82, 2.24) is 15.1 Å². The van der Waals surface area contributed by atoms with Crippen LogP contribution in [0.3, 0.4) is 0 Å². The summed E-state index contributed by atoms with van der Waals surface area (Å²) in [4.78, 5) is 0. The summed E-state index contributed by atoms with van der Waals surface area (Å²) < 4.78 is 1.78. The number of hydrogen-bond acceptors (Lipinski definition) is 3. The molecule has 1 rings (SSSR count). The van der Waals surface area contributed by atoms with E-state index in [1.54, 1.807) is 4.68 Å². The Morgan fingerprint density at radius 1 is 1.60 bits per heavy atom. The Labute approximate surface area is 91.3 Å². The zero-order valence-corrected chi connectivity index (χ0v) is 9.99. The fraction of sp³-hybridized carbons (Fsp3) is 0.727. The van der Waals surface area contributed by atoms with Crippen molar-refractivity contribution in [2.45, 2.75) is 39.3 Å². The molecule has 86 valence electrons. The summed E-state index contributed by atoms with van der Waals surface area (Å²) in [5.41, 5.74) is 2.06. The molecule has 0 bridgehead atoms. The van der Waals surface area contributed by atoms with Gasteiger partial charge < -0.3 is 10.4 Å². The molecule has 1 heterocycles. The van der Waals surface area contributed by atoms with Crippen molar-refractivity contribution < 1.29 is 5.11 Å².